The van der Waals surface area contributed by atoms with Gasteiger partial charge in [-0.05, 0) is 29.8 Å². The molecule has 0 aliphatic carbocycles. The molecule has 3 aromatic heterocycles. The minimum absolute atomic E-state index is 0.112. The highest BCUT2D eigenvalue weighted by atomic mass is 19.2. The summed E-state index contributed by atoms with van der Waals surface area (Å²) < 4.78 is 40.8. The van der Waals surface area contributed by atoms with Crippen molar-refractivity contribution in [3.63, 3.8) is 0 Å². The van der Waals surface area contributed by atoms with Crippen molar-refractivity contribution < 1.29 is 23.0 Å². The molecule has 0 spiro atoms. The van der Waals surface area contributed by atoms with Crippen molar-refractivity contribution in [1.82, 2.24) is 19.7 Å². The van der Waals surface area contributed by atoms with E-state index in [1.807, 2.05) is 18.2 Å². The summed E-state index contributed by atoms with van der Waals surface area (Å²) in [6, 6.07) is 8.65. The molecule has 11 heteroatoms. The molecule has 1 fully saturated rings. The van der Waals surface area contributed by atoms with Crippen molar-refractivity contribution in [1.29, 1.82) is 0 Å². The number of morpholine rings is 1. The zero-order valence-corrected chi connectivity index (χ0v) is 18.9. The van der Waals surface area contributed by atoms with Crippen molar-refractivity contribution in [2.24, 2.45) is 0 Å². The van der Waals surface area contributed by atoms with Gasteiger partial charge < -0.3 is 25.0 Å². The number of benzene rings is 1. The molecule has 7 rings (SSSR count). The van der Waals surface area contributed by atoms with E-state index in [1.54, 1.807) is 6.07 Å². The van der Waals surface area contributed by atoms with E-state index >= 15 is 0 Å². The van der Waals surface area contributed by atoms with Crippen LogP contribution < -0.4 is 20.3 Å². The number of hydrogen-bond donors (Lipinski definition) is 2. The number of ether oxygens (including phenoxy) is 2. The number of carbonyl (C=O) groups is 1. The first-order chi connectivity index (χ1) is 17.6. The van der Waals surface area contributed by atoms with Crippen LogP contribution in [-0.4, -0.2) is 52.7 Å². The van der Waals surface area contributed by atoms with Crippen LogP contribution in [0.25, 0.3) is 16.9 Å². The van der Waals surface area contributed by atoms with Crippen LogP contribution in [0.3, 0.4) is 0 Å². The topological polar surface area (TPSA) is 93.0 Å². The molecule has 1 atom stereocenters. The van der Waals surface area contributed by atoms with Gasteiger partial charge in [-0.1, -0.05) is 6.07 Å². The number of nitrogens with one attached hydrogen (secondary N) is 2. The molecule has 3 aliphatic rings. The van der Waals surface area contributed by atoms with Crippen LogP contribution in [0.15, 0.2) is 42.7 Å². The van der Waals surface area contributed by atoms with Crippen LogP contribution in [0.1, 0.15) is 15.9 Å². The Morgan fingerprint density at radius 2 is 2.06 bits per heavy atom. The lowest BCUT2D eigenvalue weighted by molar-refractivity contribution is 0.0693. The second kappa shape index (κ2) is 7.89. The molecular weight excluding hydrogens is 470 g/mol. The van der Waals surface area contributed by atoms with Crippen molar-refractivity contribution in [2.45, 2.75) is 12.6 Å². The third kappa shape index (κ3) is 3.12. The van der Waals surface area contributed by atoms with Gasteiger partial charge in [-0.15, -0.1) is 0 Å². The van der Waals surface area contributed by atoms with Gasteiger partial charge in [0.25, 0.3) is 5.91 Å². The lowest BCUT2D eigenvalue weighted by atomic mass is 9.99. The van der Waals surface area contributed by atoms with E-state index in [-0.39, 0.29) is 17.6 Å². The molecule has 4 aromatic rings. The van der Waals surface area contributed by atoms with Crippen LogP contribution in [0.2, 0.25) is 0 Å². The molecule has 3 aliphatic heterocycles. The van der Waals surface area contributed by atoms with Crippen LogP contribution >= 0.6 is 0 Å². The van der Waals surface area contributed by atoms with E-state index in [4.69, 9.17) is 9.47 Å². The number of hydrogen-bond acceptors (Lipinski definition) is 7. The van der Waals surface area contributed by atoms with Crippen molar-refractivity contribution >= 4 is 28.7 Å². The highest BCUT2D eigenvalue weighted by molar-refractivity contribution is 6.06. The highest BCUT2D eigenvalue weighted by Gasteiger charge is 2.32. The molecule has 1 aromatic carbocycles. The average molecular weight is 490 g/mol. The fourth-order valence-electron chi connectivity index (χ4n) is 5.14. The number of halogens is 2. The molecule has 0 saturated carbocycles. The van der Waals surface area contributed by atoms with Gasteiger partial charge in [0, 0.05) is 24.8 Å². The summed E-state index contributed by atoms with van der Waals surface area (Å²) in [6.45, 7) is 2.87. The second-order valence-electron chi connectivity index (χ2n) is 8.89. The van der Waals surface area contributed by atoms with E-state index in [0.29, 0.717) is 60.6 Å². The zero-order valence-electron chi connectivity index (χ0n) is 18.9. The summed E-state index contributed by atoms with van der Waals surface area (Å²) in [4.78, 5) is 23.8. The summed E-state index contributed by atoms with van der Waals surface area (Å²) >= 11 is 0. The number of imidazole rings is 1. The fraction of sp³-hybridized carbons (Fsp3) is 0.240. The van der Waals surface area contributed by atoms with Gasteiger partial charge in [-0.3, -0.25) is 9.20 Å². The molecule has 182 valence electrons. The van der Waals surface area contributed by atoms with E-state index < -0.39 is 11.6 Å². The van der Waals surface area contributed by atoms with Crippen molar-refractivity contribution in [3.05, 3.63) is 65.5 Å². The van der Waals surface area contributed by atoms with Gasteiger partial charge in [-0.2, -0.15) is 9.37 Å². The summed E-state index contributed by atoms with van der Waals surface area (Å²) in [5.74, 6) is -1.13. The summed E-state index contributed by atoms with van der Waals surface area (Å²) in [7, 11) is 0. The van der Waals surface area contributed by atoms with Gasteiger partial charge in [0.1, 0.15) is 18.1 Å². The first-order valence-electron chi connectivity index (χ1n) is 11.6. The Morgan fingerprint density at radius 3 is 2.97 bits per heavy atom. The number of fused-ring (bicyclic) bond motifs is 5. The predicted octanol–water partition coefficient (Wildman–Crippen LogP) is 3.26. The van der Waals surface area contributed by atoms with Crippen LogP contribution in [0.4, 0.5) is 26.0 Å². The number of amides is 1. The monoisotopic (exact) mass is 490 g/mol. The minimum Gasteiger partial charge on any atom is -0.474 e. The maximum atomic E-state index is 14.2. The van der Waals surface area contributed by atoms with Crippen LogP contribution in [0.5, 0.6) is 5.88 Å². The highest BCUT2D eigenvalue weighted by Crippen LogP contribution is 2.38. The van der Waals surface area contributed by atoms with Crippen molar-refractivity contribution in [2.75, 3.05) is 36.6 Å². The molecule has 1 saturated heterocycles. The first kappa shape index (κ1) is 21.1. The van der Waals surface area contributed by atoms with Gasteiger partial charge in [0.05, 0.1) is 42.4 Å². The molecule has 2 N–H and O–H groups in total. The van der Waals surface area contributed by atoms with Gasteiger partial charge >= 0.3 is 0 Å². The average Bonchev–Trinajstić information content (AvgIpc) is 3.51. The Hall–Kier alpha value is -4.25. The lowest BCUT2D eigenvalue weighted by Gasteiger charge is -2.40. The van der Waals surface area contributed by atoms with Gasteiger partial charge in [-0.25, -0.2) is 9.37 Å². The third-order valence-corrected chi connectivity index (χ3v) is 6.87. The Bertz CT molecular complexity index is 1550. The lowest BCUT2D eigenvalue weighted by Crippen LogP contribution is -2.51. The molecule has 6 heterocycles. The van der Waals surface area contributed by atoms with Crippen molar-refractivity contribution in [3.8, 4) is 17.1 Å². The van der Waals surface area contributed by atoms with Gasteiger partial charge in [0.2, 0.25) is 11.7 Å². The zero-order chi connectivity index (χ0) is 24.4. The Kier molecular flexibility index (Phi) is 4.61. The van der Waals surface area contributed by atoms with E-state index in [9.17, 15) is 13.6 Å². The Labute approximate surface area is 203 Å². The second-order valence-corrected chi connectivity index (χ2v) is 8.89. The summed E-state index contributed by atoms with van der Waals surface area (Å²) in [5, 5.41) is 6.11. The number of rotatable bonds is 3. The fourth-order valence-corrected chi connectivity index (χ4v) is 5.14. The van der Waals surface area contributed by atoms with E-state index in [0.717, 1.165) is 23.9 Å². The molecule has 0 bridgehead atoms. The van der Waals surface area contributed by atoms with E-state index in [1.165, 1.54) is 16.8 Å². The van der Waals surface area contributed by atoms with E-state index in [2.05, 4.69) is 25.5 Å². The number of aromatic nitrogens is 3. The normalized spacial score (nSPS) is 18.3. The first-order valence-corrected chi connectivity index (χ1v) is 11.6. The Morgan fingerprint density at radius 1 is 1.14 bits per heavy atom. The van der Waals surface area contributed by atoms with Crippen LogP contribution in [0, 0.1) is 11.6 Å². The quantitative estimate of drug-likeness (QED) is 0.456. The third-order valence-electron chi connectivity index (χ3n) is 6.87. The number of pyridine rings is 2. The number of carbonyl (C=O) groups excluding carboxylic acids is 1. The van der Waals surface area contributed by atoms with Crippen LogP contribution in [-0.2, 0) is 11.3 Å². The molecule has 9 nitrogen and oxygen atoms in total. The largest absolute Gasteiger partial charge is 0.474 e. The SMILES string of the molecule is O=C1NCc2c(-c3cnc4c(F)c(F)ccn34)ccc(Nc3ccc4c(n3)OC[C@@H]3COCCN43)c21. The maximum absolute atomic E-state index is 14.2. The predicted molar refractivity (Wildman–Crippen MR) is 127 cm³/mol. The summed E-state index contributed by atoms with van der Waals surface area (Å²) in [6.07, 6.45) is 2.90. The minimum atomic E-state index is -1.02. The summed E-state index contributed by atoms with van der Waals surface area (Å²) in [5.41, 5.74) is 3.87. The molecule has 1 amide bonds. The number of anilines is 3. The number of nitrogens with zero attached hydrogens (tertiary/aromatic N) is 4. The Balaban J connectivity index is 1.26. The smallest absolute Gasteiger partial charge is 0.254 e. The molecule has 0 radical (unpaired) electrons. The van der Waals surface area contributed by atoms with Gasteiger partial charge in [0.15, 0.2) is 11.5 Å². The standard InChI is InChI=1S/C25H20F2N6O3/c26-16-5-6-33-19(10-28-23(33)22(16)27)14-1-2-17(21-15(14)9-29-24(21)34)30-20-4-3-18-25(31-20)36-12-13-11-35-8-7-32(13)18/h1-6,10,13H,7-9,11-12H2,(H,29,34)(H,30,31)/t13-/m0/s1. The maximum Gasteiger partial charge on any atom is 0.254 e. The molecular formula is C25H20F2N6O3. The molecule has 0 unspecified atom stereocenters. The molecule has 36 heavy (non-hydrogen) atoms.